The van der Waals surface area contributed by atoms with Crippen LogP contribution in [-0.4, -0.2) is 12.1 Å². The van der Waals surface area contributed by atoms with E-state index in [-0.39, 0.29) is 12.0 Å². The quantitative estimate of drug-likeness (QED) is 0.600. The molecule has 3 rings (SSSR count). The Morgan fingerprint density at radius 3 is 2.38 bits per heavy atom. The van der Waals surface area contributed by atoms with Gasteiger partial charge in [-0.2, -0.15) is 13.2 Å². The molecular weight excluding hydrogens is 339 g/mol. The van der Waals surface area contributed by atoms with E-state index in [0.29, 0.717) is 11.4 Å². The molecule has 3 aromatic rings. The molecule has 1 aromatic heterocycles. The van der Waals surface area contributed by atoms with Gasteiger partial charge in [0.2, 0.25) is 5.88 Å². The van der Waals surface area contributed by atoms with E-state index in [4.69, 9.17) is 4.74 Å². The molecule has 0 unspecified atom stereocenters. The number of rotatable bonds is 4. The number of benzene rings is 2. The highest BCUT2D eigenvalue weighted by Gasteiger charge is 2.33. The first-order valence-corrected chi connectivity index (χ1v) is 8.13. The lowest BCUT2D eigenvalue weighted by atomic mass is 9.97. The van der Waals surface area contributed by atoms with Gasteiger partial charge in [0.25, 0.3) is 0 Å². The molecule has 0 bridgehead atoms. The predicted molar refractivity (Wildman–Crippen MR) is 95.2 cm³/mol. The van der Waals surface area contributed by atoms with Gasteiger partial charge in [-0.25, -0.2) is 4.98 Å². The van der Waals surface area contributed by atoms with Crippen LogP contribution in [0.5, 0.6) is 5.88 Å². The fourth-order valence-corrected chi connectivity index (χ4v) is 2.95. The molecule has 134 valence electrons. The number of aromatic nitrogens is 1. The topological polar surface area (TPSA) is 22.1 Å². The maximum atomic E-state index is 13.3. The summed E-state index contributed by atoms with van der Waals surface area (Å²) in [5.74, 6) is 0.332. The zero-order chi connectivity index (χ0) is 18.7. The zero-order valence-electron chi connectivity index (χ0n) is 14.5. The third-order valence-electron chi connectivity index (χ3n) is 4.17. The molecule has 0 aliphatic rings. The van der Waals surface area contributed by atoms with Crippen LogP contribution in [0.15, 0.2) is 60.8 Å². The lowest BCUT2D eigenvalue weighted by Crippen LogP contribution is -2.09. The number of hydrogen-bond acceptors (Lipinski definition) is 2. The number of hydrogen-bond donors (Lipinski definition) is 0. The van der Waals surface area contributed by atoms with E-state index in [2.05, 4.69) is 4.98 Å². The predicted octanol–water partition coefficient (Wildman–Crippen LogP) is 5.68. The number of pyridine rings is 1. The van der Waals surface area contributed by atoms with Gasteiger partial charge in [-0.3, -0.25) is 0 Å². The van der Waals surface area contributed by atoms with Gasteiger partial charge in [0, 0.05) is 23.7 Å². The minimum absolute atomic E-state index is 0.0888. The summed E-state index contributed by atoms with van der Waals surface area (Å²) in [7, 11) is 1.47. The second-order valence-corrected chi connectivity index (χ2v) is 6.09. The van der Waals surface area contributed by atoms with Crippen molar-refractivity contribution >= 4 is 0 Å². The summed E-state index contributed by atoms with van der Waals surface area (Å²) in [6, 6.07) is 15.3. The Morgan fingerprint density at radius 1 is 0.923 bits per heavy atom. The van der Waals surface area contributed by atoms with Crippen molar-refractivity contribution in [2.75, 3.05) is 7.11 Å². The molecule has 0 atom stereocenters. The zero-order valence-corrected chi connectivity index (χ0v) is 14.5. The first-order chi connectivity index (χ1) is 12.4. The average Bonchev–Trinajstić information content (AvgIpc) is 2.61. The Labute approximate surface area is 150 Å². The molecule has 0 radical (unpaired) electrons. The summed E-state index contributed by atoms with van der Waals surface area (Å²) in [4.78, 5) is 4.29. The van der Waals surface area contributed by atoms with E-state index in [0.717, 1.165) is 22.8 Å². The maximum Gasteiger partial charge on any atom is 0.416 e. The standard InChI is InChI=1S/C21H18F3NO/c1-14-6-5-8-15(10-14)18-12-17(20(26-2)25-13-18)11-16-7-3-4-9-19(16)21(22,23)24/h3-10,12-13H,11H2,1-2H3. The van der Waals surface area contributed by atoms with Gasteiger partial charge in [-0.05, 0) is 30.2 Å². The molecular formula is C21H18F3NO. The molecule has 0 fully saturated rings. The smallest absolute Gasteiger partial charge is 0.416 e. The number of methoxy groups -OCH3 is 1. The van der Waals surface area contributed by atoms with Gasteiger partial charge in [-0.15, -0.1) is 0 Å². The van der Waals surface area contributed by atoms with Crippen molar-refractivity contribution in [2.45, 2.75) is 19.5 Å². The van der Waals surface area contributed by atoms with E-state index < -0.39 is 11.7 Å². The van der Waals surface area contributed by atoms with Crippen molar-refractivity contribution in [1.29, 1.82) is 0 Å². The molecule has 0 N–H and O–H groups in total. The second kappa shape index (κ2) is 7.20. The third-order valence-corrected chi connectivity index (χ3v) is 4.17. The van der Waals surface area contributed by atoms with Crippen molar-refractivity contribution in [3.63, 3.8) is 0 Å². The van der Waals surface area contributed by atoms with Crippen molar-refractivity contribution in [2.24, 2.45) is 0 Å². The fourth-order valence-electron chi connectivity index (χ4n) is 2.95. The Balaban J connectivity index is 2.04. The van der Waals surface area contributed by atoms with E-state index >= 15 is 0 Å². The van der Waals surface area contributed by atoms with Crippen LogP contribution in [0.3, 0.4) is 0 Å². The normalized spacial score (nSPS) is 11.4. The molecule has 2 nitrogen and oxygen atoms in total. The summed E-state index contributed by atoms with van der Waals surface area (Å²) >= 11 is 0. The number of aryl methyl sites for hydroxylation is 1. The summed E-state index contributed by atoms with van der Waals surface area (Å²) in [6.07, 6.45) is -2.64. The van der Waals surface area contributed by atoms with Crippen molar-refractivity contribution in [3.05, 3.63) is 83.0 Å². The number of halogens is 3. The molecule has 0 spiro atoms. The lowest BCUT2D eigenvalue weighted by molar-refractivity contribution is -0.138. The molecule has 0 aliphatic heterocycles. The highest BCUT2D eigenvalue weighted by Crippen LogP contribution is 2.34. The first kappa shape index (κ1) is 18.0. The van der Waals surface area contributed by atoms with Crippen LogP contribution in [0.1, 0.15) is 22.3 Å². The summed E-state index contributed by atoms with van der Waals surface area (Å²) in [5.41, 5.74) is 3.08. The number of ether oxygens (including phenoxy) is 1. The Kier molecular flexibility index (Phi) is 4.98. The van der Waals surface area contributed by atoms with Crippen LogP contribution in [0.2, 0.25) is 0 Å². The van der Waals surface area contributed by atoms with Crippen LogP contribution in [0, 0.1) is 6.92 Å². The van der Waals surface area contributed by atoms with Gasteiger partial charge >= 0.3 is 6.18 Å². The third kappa shape index (κ3) is 3.87. The van der Waals surface area contributed by atoms with E-state index in [1.807, 2.05) is 37.3 Å². The van der Waals surface area contributed by atoms with Crippen LogP contribution in [0.25, 0.3) is 11.1 Å². The van der Waals surface area contributed by atoms with E-state index in [1.165, 1.54) is 19.2 Å². The summed E-state index contributed by atoms with van der Waals surface area (Å²) < 4.78 is 45.1. The summed E-state index contributed by atoms with van der Waals surface area (Å²) in [6.45, 7) is 1.99. The molecule has 0 aliphatic carbocycles. The van der Waals surface area contributed by atoms with Crippen molar-refractivity contribution < 1.29 is 17.9 Å². The lowest BCUT2D eigenvalue weighted by Gasteiger charge is -2.15. The van der Waals surface area contributed by atoms with Crippen molar-refractivity contribution in [3.8, 4) is 17.0 Å². The molecule has 26 heavy (non-hydrogen) atoms. The summed E-state index contributed by atoms with van der Waals surface area (Å²) in [5, 5.41) is 0. The Bertz CT molecular complexity index is 919. The van der Waals surface area contributed by atoms with Crippen LogP contribution in [-0.2, 0) is 12.6 Å². The fraction of sp³-hybridized carbons (Fsp3) is 0.190. The average molecular weight is 357 g/mol. The van der Waals surface area contributed by atoms with Crippen LogP contribution in [0.4, 0.5) is 13.2 Å². The first-order valence-electron chi connectivity index (χ1n) is 8.13. The molecule has 1 heterocycles. The molecule has 0 saturated heterocycles. The molecule has 0 amide bonds. The second-order valence-electron chi connectivity index (χ2n) is 6.09. The van der Waals surface area contributed by atoms with Crippen molar-refractivity contribution in [1.82, 2.24) is 4.98 Å². The van der Waals surface area contributed by atoms with Gasteiger partial charge in [0.05, 0.1) is 12.7 Å². The SMILES string of the molecule is COc1ncc(-c2cccc(C)c2)cc1Cc1ccccc1C(F)(F)F. The van der Waals surface area contributed by atoms with Gasteiger partial charge in [0.15, 0.2) is 0 Å². The minimum Gasteiger partial charge on any atom is -0.481 e. The molecule has 0 saturated carbocycles. The Hall–Kier alpha value is -2.82. The maximum absolute atomic E-state index is 13.3. The van der Waals surface area contributed by atoms with Crippen LogP contribution < -0.4 is 4.74 Å². The largest absolute Gasteiger partial charge is 0.481 e. The number of nitrogens with zero attached hydrogens (tertiary/aromatic N) is 1. The van der Waals surface area contributed by atoms with Gasteiger partial charge in [0.1, 0.15) is 0 Å². The monoisotopic (exact) mass is 357 g/mol. The van der Waals surface area contributed by atoms with Gasteiger partial charge < -0.3 is 4.74 Å². The minimum atomic E-state index is -4.40. The van der Waals surface area contributed by atoms with E-state index in [9.17, 15) is 13.2 Å². The molecule has 2 aromatic carbocycles. The Morgan fingerprint density at radius 2 is 1.69 bits per heavy atom. The van der Waals surface area contributed by atoms with Gasteiger partial charge in [-0.1, -0.05) is 48.0 Å². The highest BCUT2D eigenvalue weighted by molar-refractivity contribution is 5.65. The molecule has 5 heteroatoms. The van der Waals surface area contributed by atoms with Crippen LogP contribution >= 0.6 is 0 Å². The number of alkyl halides is 3. The van der Waals surface area contributed by atoms with E-state index in [1.54, 1.807) is 12.3 Å². The highest BCUT2D eigenvalue weighted by atomic mass is 19.4.